The number of fused-ring (bicyclic) bond motifs is 2. The van der Waals surface area contributed by atoms with Crippen LogP contribution < -0.4 is 10.6 Å². The lowest BCUT2D eigenvalue weighted by atomic mass is 9.75. The fraction of sp³-hybridized carbons (Fsp3) is 0.263. The number of hydrogen-bond acceptors (Lipinski definition) is 7. The van der Waals surface area contributed by atoms with Gasteiger partial charge in [0.2, 0.25) is 5.95 Å². The van der Waals surface area contributed by atoms with Crippen molar-refractivity contribution in [1.82, 2.24) is 9.97 Å². The number of dihydropyridines is 1. The molecule has 0 spiro atoms. The number of allylic oxidation sites excluding steroid dienone is 1. The molecule has 2 aromatic rings. The molecule has 4 heterocycles. The monoisotopic (exact) mass is 377 g/mol. The maximum Gasteiger partial charge on any atom is 0.265 e. The molecule has 0 fully saturated rings. The molecule has 2 aliphatic heterocycles. The Labute approximate surface area is 158 Å². The zero-order valence-corrected chi connectivity index (χ0v) is 14.9. The molecule has 140 valence electrons. The average molecular weight is 377 g/mol. The number of amidine groups is 1. The van der Waals surface area contributed by atoms with Gasteiger partial charge in [-0.15, -0.1) is 5.10 Å². The van der Waals surface area contributed by atoms with Gasteiger partial charge < -0.3 is 4.42 Å². The van der Waals surface area contributed by atoms with Crippen LogP contribution in [0, 0.1) is 12.8 Å². The number of Topliss-reactive ketones (excluding diaryl/α,β-unsaturated/α-hetero) is 1. The maximum absolute atomic E-state index is 13.1. The number of carbonyl (C=O) groups is 2. The number of furan rings is 1. The molecular weight excluding hydrogens is 362 g/mol. The molecule has 0 radical (unpaired) electrons. The zero-order chi connectivity index (χ0) is 19.4. The van der Waals surface area contributed by atoms with Gasteiger partial charge in [-0.05, 0) is 31.1 Å². The van der Waals surface area contributed by atoms with Gasteiger partial charge in [0.05, 0.1) is 6.26 Å². The summed E-state index contributed by atoms with van der Waals surface area (Å²) in [5, 5.41) is 5.31. The van der Waals surface area contributed by atoms with Crippen molar-refractivity contribution in [3.63, 3.8) is 0 Å². The number of carbonyl (C=O) groups excluding carboxylic acids is 2. The predicted octanol–water partition coefficient (Wildman–Crippen LogP) is 1.48. The molecule has 2 aromatic heterocycles. The van der Waals surface area contributed by atoms with E-state index in [4.69, 9.17) is 4.42 Å². The fourth-order valence-electron chi connectivity index (χ4n) is 3.91. The standard InChI is InChI=1S/C19H15N5O4/c1-9-5-15(26)22-19(21-9)24-18(27)16-11-6-10(14-3-2-4-28-14)7-13(25)12(11)8-20-17(16)23-24/h2-5,8,10,16H,6-7H2,1H3,(H,21,22,26). The van der Waals surface area contributed by atoms with Gasteiger partial charge >= 0.3 is 0 Å². The Hall–Kier alpha value is -3.62. The highest BCUT2D eigenvalue weighted by Crippen LogP contribution is 2.41. The van der Waals surface area contributed by atoms with E-state index in [0.717, 1.165) is 5.01 Å². The van der Waals surface area contributed by atoms with Crippen LogP contribution in [-0.4, -0.2) is 33.7 Å². The van der Waals surface area contributed by atoms with Crippen LogP contribution in [0.15, 0.2) is 54.9 Å². The summed E-state index contributed by atoms with van der Waals surface area (Å²) in [6.45, 7) is 1.66. The summed E-state index contributed by atoms with van der Waals surface area (Å²) in [6.07, 6.45) is 3.86. The maximum atomic E-state index is 13.1. The van der Waals surface area contributed by atoms with Crippen LogP contribution in [0.3, 0.4) is 0 Å². The Morgan fingerprint density at radius 1 is 1.25 bits per heavy atom. The molecule has 0 bridgehead atoms. The Balaban J connectivity index is 1.54. The van der Waals surface area contributed by atoms with Crippen LogP contribution >= 0.6 is 0 Å². The number of aryl methyl sites for hydroxylation is 1. The van der Waals surface area contributed by atoms with E-state index in [1.807, 2.05) is 6.07 Å². The van der Waals surface area contributed by atoms with Crippen molar-refractivity contribution in [1.29, 1.82) is 0 Å². The molecular formula is C19H15N5O4. The van der Waals surface area contributed by atoms with E-state index in [9.17, 15) is 14.4 Å². The van der Waals surface area contributed by atoms with Gasteiger partial charge in [0, 0.05) is 35.9 Å². The number of H-pyrrole nitrogens is 1. The van der Waals surface area contributed by atoms with Crippen molar-refractivity contribution >= 4 is 29.7 Å². The summed E-state index contributed by atoms with van der Waals surface area (Å²) in [6, 6.07) is 4.94. The first-order chi connectivity index (χ1) is 13.5. The van der Waals surface area contributed by atoms with Gasteiger partial charge in [0.15, 0.2) is 11.6 Å². The summed E-state index contributed by atoms with van der Waals surface area (Å²) in [5.41, 5.74) is 1.25. The lowest BCUT2D eigenvalue weighted by Gasteiger charge is -2.28. The molecule has 2 unspecified atom stereocenters. The predicted molar refractivity (Wildman–Crippen MR) is 99.2 cm³/mol. The highest BCUT2D eigenvalue weighted by molar-refractivity contribution is 6.26. The number of aromatic nitrogens is 2. The molecule has 2 atom stereocenters. The topological polar surface area (TPSA) is 121 Å². The molecule has 1 aliphatic carbocycles. The lowest BCUT2D eigenvalue weighted by Crippen LogP contribution is -2.35. The molecule has 9 heteroatoms. The first-order valence-electron chi connectivity index (χ1n) is 8.85. The quantitative estimate of drug-likeness (QED) is 0.849. The van der Waals surface area contributed by atoms with Crippen LogP contribution in [0.4, 0.5) is 5.95 Å². The van der Waals surface area contributed by atoms with E-state index >= 15 is 0 Å². The molecule has 0 saturated carbocycles. The molecule has 5 rings (SSSR count). The number of nitrogens with one attached hydrogen (secondary N) is 1. The Bertz CT molecular complexity index is 1160. The van der Waals surface area contributed by atoms with Crippen molar-refractivity contribution < 1.29 is 14.0 Å². The molecule has 1 amide bonds. The smallest absolute Gasteiger partial charge is 0.265 e. The number of hydrogen-bond donors (Lipinski definition) is 1. The van der Waals surface area contributed by atoms with Gasteiger partial charge in [0.1, 0.15) is 11.7 Å². The number of aromatic amines is 1. The van der Waals surface area contributed by atoms with Crippen LogP contribution in [0.1, 0.15) is 30.2 Å². The highest BCUT2D eigenvalue weighted by Gasteiger charge is 2.46. The number of amides is 1. The first-order valence-corrected chi connectivity index (χ1v) is 8.85. The number of aliphatic imine (C=N–C) groups is 1. The number of anilines is 1. The van der Waals surface area contributed by atoms with Gasteiger partial charge in [-0.1, -0.05) is 0 Å². The van der Waals surface area contributed by atoms with Gasteiger partial charge in [-0.3, -0.25) is 19.4 Å². The minimum atomic E-state index is -0.757. The largest absolute Gasteiger partial charge is 0.469 e. The van der Waals surface area contributed by atoms with Crippen molar-refractivity contribution in [3.8, 4) is 0 Å². The van der Waals surface area contributed by atoms with Crippen LogP contribution in [0.25, 0.3) is 0 Å². The van der Waals surface area contributed by atoms with Crippen molar-refractivity contribution in [2.45, 2.75) is 25.7 Å². The van der Waals surface area contributed by atoms with Gasteiger partial charge in [-0.25, -0.2) is 9.98 Å². The van der Waals surface area contributed by atoms with Crippen molar-refractivity contribution in [2.24, 2.45) is 16.0 Å². The normalized spacial score (nSPS) is 23.8. The van der Waals surface area contributed by atoms with E-state index in [-0.39, 0.29) is 29.1 Å². The minimum Gasteiger partial charge on any atom is -0.469 e. The molecule has 1 N–H and O–H groups in total. The summed E-state index contributed by atoms with van der Waals surface area (Å²) in [4.78, 5) is 48.5. The van der Waals surface area contributed by atoms with E-state index < -0.39 is 5.92 Å². The molecule has 0 saturated heterocycles. The van der Waals surface area contributed by atoms with Crippen molar-refractivity contribution in [2.75, 3.05) is 5.01 Å². The third-order valence-corrected chi connectivity index (χ3v) is 5.14. The first kappa shape index (κ1) is 16.5. The second kappa shape index (κ2) is 5.95. The van der Waals surface area contributed by atoms with E-state index in [2.05, 4.69) is 20.1 Å². The Morgan fingerprint density at radius 2 is 2.11 bits per heavy atom. The zero-order valence-electron chi connectivity index (χ0n) is 14.9. The second-order valence-electron chi connectivity index (χ2n) is 6.99. The second-order valence-corrected chi connectivity index (χ2v) is 6.99. The van der Waals surface area contributed by atoms with Crippen LogP contribution in [0.2, 0.25) is 0 Å². The third kappa shape index (κ3) is 2.47. The van der Waals surface area contributed by atoms with Gasteiger partial charge in [0.25, 0.3) is 11.5 Å². The molecule has 3 aliphatic rings. The van der Waals surface area contributed by atoms with E-state index in [1.54, 1.807) is 19.3 Å². The highest BCUT2D eigenvalue weighted by atomic mass is 16.3. The van der Waals surface area contributed by atoms with Crippen molar-refractivity contribution in [3.05, 3.63) is 57.4 Å². The Morgan fingerprint density at radius 3 is 2.86 bits per heavy atom. The van der Waals surface area contributed by atoms with E-state index in [0.29, 0.717) is 41.3 Å². The minimum absolute atomic E-state index is 0.0407. The van der Waals surface area contributed by atoms with E-state index in [1.165, 1.54) is 12.3 Å². The lowest BCUT2D eigenvalue weighted by molar-refractivity contribution is -0.119. The summed E-state index contributed by atoms with van der Waals surface area (Å²) in [5.74, 6) is -0.298. The number of rotatable bonds is 2. The fourth-order valence-corrected chi connectivity index (χ4v) is 3.91. The number of ketones is 1. The van der Waals surface area contributed by atoms with Crippen LogP contribution in [-0.2, 0) is 9.59 Å². The van der Waals surface area contributed by atoms with Crippen LogP contribution in [0.5, 0.6) is 0 Å². The van der Waals surface area contributed by atoms with Gasteiger partial charge in [-0.2, -0.15) is 5.01 Å². The molecule has 28 heavy (non-hydrogen) atoms. The molecule has 0 aromatic carbocycles. The molecule has 9 nitrogen and oxygen atoms in total. The average Bonchev–Trinajstić information content (AvgIpc) is 3.29. The summed E-state index contributed by atoms with van der Waals surface area (Å²) < 4.78 is 5.47. The summed E-state index contributed by atoms with van der Waals surface area (Å²) >= 11 is 0. The SMILES string of the molecule is Cc1cc(=O)[nH]c(N2N=C3N=CC4=C(CC(c5ccco5)CC4=O)C3C2=O)n1. The third-order valence-electron chi connectivity index (χ3n) is 5.14. The summed E-state index contributed by atoms with van der Waals surface area (Å²) in [7, 11) is 0. The number of nitrogens with zero attached hydrogens (tertiary/aromatic N) is 4. The number of hydrazone groups is 1. The Kier molecular flexibility index (Phi) is 3.51.